The van der Waals surface area contributed by atoms with Crippen LogP contribution in [0.25, 0.3) is 0 Å². The number of carbonyl (C=O) groups excluding carboxylic acids is 1. The van der Waals surface area contributed by atoms with E-state index in [0.29, 0.717) is 10.9 Å². The van der Waals surface area contributed by atoms with E-state index in [1.54, 1.807) is 0 Å². The molecule has 0 fully saturated rings. The predicted octanol–water partition coefficient (Wildman–Crippen LogP) is 3.22. The van der Waals surface area contributed by atoms with Crippen molar-refractivity contribution in [2.75, 3.05) is 11.9 Å². The molecule has 0 aliphatic rings. The highest BCUT2D eigenvalue weighted by Gasteiger charge is 2.14. The molecule has 0 aliphatic carbocycles. The van der Waals surface area contributed by atoms with Crippen molar-refractivity contribution in [1.29, 1.82) is 0 Å². The molecule has 0 spiro atoms. The molecular formula is C14H21ClN2O. The second-order valence-electron chi connectivity index (χ2n) is 4.93. The number of amides is 1. The first-order valence-corrected chi connectivity index (χ1v) is 6.59. The Bertz CT molecular complexity index is 418. The molecule has 1 atom stereocenters. The molecule has 4 heteroatoms. The Morgan fingerprint density at radius 2 is 2.00 bits per heavy atom. The average molecular weight is 269 g/mol. The van der Waals surface area contributed by atoms with E-state index in [4.69, 9.17) is 11.6 Å². The summed E-state index contributed by atoms with van der Waals surface area (Å²) in [5, 5.41) is 6.74. The minimum Gasteiger partial charge on any atom is -0.324 e. The van der Waals surface area contributed by atoms with E-state index in [2.05, 4.69) is 24.5 Å². The number of anilines is 1. The van der Waals surface area contributed by atoms with Gasteiger partial charge in [-0.05, 0) is 44.0 Å². The fraction of sp³-hybridized carbons (Fsp3) is 0.500. The smallest absolute Gasteiger partial charge is 0.241 e. The summed E-state index contributed by atoms with van der Waals surface area (Å²) in [6.45, 7) is 8.79. The van der Waals surface area contributed by atoms with Crippen LogP contribution in [0.3, 0.4) is 0 Å². The Balaban J connectivity index is 2.61. The van der Waals surface area contributed by atoms with Crippen LogP contribution in [0.4, 0.5) is 5.69 Å². The summed E-state index contributed by atoms with van der Waals surface area (Å²) in [5.74, 6) is 0.481. The van der Waals surface area contributed by atoms with E-state index in [1.165, 1.54) is 0 Å². The highest BCUT2D eigenvalue weighted by molar-refractivity contribution is 6.31. The van der Waals surface area contributed by atoms with Crippen molar-refractivity contribution in [1.82, 2.24) is 5.32 Å². The van der Waals surface area contributed by atoms with Crippen LogP contribution in [0.15, 0.2) is 18.2 Å². The van der Waals surface area contributed by atoms with Gasteiger partial charge in [-0.25, -0.2) is 0 Å². The number of benzene rings is 1. The Hall–Kier alpha value is -1.06. The number of nitrogens with one attached hydrogen (secondary N) is 2. The van der Waals surface area contributed by atoms with Crippen LogP contribution in [0.2, 0.25) is 5.02 Å². The quantitative estimate of drug-likeness (QED) is 0.861. The maximum absolute atomic E-state index is 12.0. The topological polar surface area (TPSA) is 41.1 Å². The molecule has 0 saturated carbocycles. The van der Waals surface area contributed by atoms with E-state index in [1.807, 2.05) is 32.0 Å². The summed E-state index contributed by atoms with van der Waals surface area (Å²) >= 11 is 6.01. The van der Waals surface area contributed by atoms with Crippen LogP contribution >= 0.6 is 11.6 Å². The van der Waals surface area contributed by atoms with Crippen molar-refractivity contribution in [3.05, 3.63) is 28.8 Å². The van der Waals surface area contributed by atoms with Crippen molar-refractivity contribution in [2.24, 2.45) is 5.92 Å². The number of hydrogen-bond donors (Lipinski definition) is 2. The van der Waals surface area contributed by atoms with E-state index in [0.717, 1.165) is 17.8 Å². The molecule has 0 bridgehead atoms. The molecule has 1 aromatic carbocycles. The Kier molecular flexibility index (Phi) is 5.63. The van der Waals surface area contributed by atoms with Gasteiger partial charge in [0.25, 0.3) is 0 Å². The Labute approximate surface area is 114 Å². The zero-order chi connectivity index (χ0) is 13.7. The van der Waals surface area contributed by atoms with E-state index < -0.39 is 0 Å². The number of halogens is 1. The zero-order valence-electron chi connectivity index (χ0n) is 11.4. The van der Waals surface area contributed by atoms with Gasteiger partial charge in [0, 0.05) is 10.7 Å². The number of hydrogen-bond acceptors (Lipinski definition) is 2. The van der Waals surface area contributed by atoms with E-state index in [-0.39, 0.29) is 11.9 Å². The summed E-state index contributed by atoms with van der Waals surface area (Å²) in [5.41, 5.74) is 1.66. The van der Waals surface area contributed by atoms with Crippen LogP contribution in [0.5, 0.6) is 0 Å². The second-order valence-corrected chi connectivity index (χ2v) is 5.33. The van der Waals surface area contributed by atoms with Gasteiger partial charge in [0.1, 0.15) is 0 Å². The first-order valence-electron chi connectivity index (χ1n) is 6.21. The van der Waals surface area contributed by atoms with Gasteiger partial charge < -0.3 is 10.6 Å². The molecule has 18 heavy (non-hydrogen) atoms. The largest absolute Gasteiger partial charge is 0.324 e. The lowest BCUT2D eigenvalue weighted by Gasteiger charge is -2.16. The standard InChI is InChI=1S/C14H21ClN2O/c1-9(2)8-16-11(4)14(18)17-13-7-5-6-12(15)10(13)3/h5-7,9,11,16H,8H2,1-4H3,(H,17,18). The molecule has 1 rings (SSSR count). The van der Waals surface area contributed by atoms with Gasteiger partial charge in [-0.1, -0.05) is 31.5 Å². The van der Waals surface area contributed by atoms with Crippen LogP contribution in [0.1, 0.15) is 26.3 Å². The third-order valence-corrected chi connectivity index (χ3v) is 3.16. The van der Waals surface area contributed by atoms with Crippen molar-refractivity contribution in [3.8, 4) is 0 Å². The first kappa shape index (κ1) is 15.0. The Morgan fingerprint density at radius 1 is 1.33 bits per heavy atom. The first-order chi connectivity index (χ1) is 8.41. The zero-order valence-corrected chi connectivity index (χ0v) is 12.1. The van der Waals surface area contributed by atoms with Gasteiger partial charge in [0.15, 0.2) is 0 Å². The number of carbonyl (C=O) groups is 1. The second kappa shape index (κ2) is 6.76. The molecule has 0 radical (unpaired) electrons. The summed E-state index contributed by atoms with van der Waals surface area (Å²) in [4.78, 5) is 12.0. The summed E-state index contributed by atoms with van der Waals surface area (Å²) < 4.78 is 0. The maximum atomic E-state index is 12.0. The van der Waals surface area contributed by atoms with Gasteiger partial charge in [-0.2, -0.15) is 0 Å². The molecule has 0 aromatic heterocycles. The minimum atomic E-state index is -0.217. The average Bonchev–Trinajstić information content (AvgIpc) is 2.31. The predicted molar refractivity (Wildman–Crippen MR) is 77.1 cm³/mol. The van der Waals surface area contributed by atoms with Crippen molar-refractivity contribution < 1.29 is 4.79 Å². The van der Waals surface area contributed by atoms with Crippen LogP contribution in [0, 0.1) is 12.8 Å². The SMILES string of the molecule is Cc1c(Cl)cccc1NC(=O)C(C)NCC(C)C. The molecule has 3 nitrogen and oxygen atoms in total. The Morgan fingerprint density at radius 3 is 2.61 bits per heavy atom. The third kappa shape index (κ3) is 4.31. The van der Waals surface area contributed by atoms with Gasteiger partial charge in [0.2, 0.25) is 5.91 Å². The molecule has 1 amide bonds. The third-order valence-electron chi connectivity index (χ3n) is 2.75. The highest BCUT2D eigenvalue weighted by atomic mass is 35.5. The summed E-state index contributed by atoms with van der Waals surface area (Å²) in [6, 6.07) is 5.28. The highest BCUT2D eigenvalue weighted by Crippen LogP contribution is 2.22. The molecular weight excluding hydrogens is 248 g/mol. The van der Waals surface area contributed by atoms with Gasteiger partial charge in [-0.15, -0.1) is 0 Å². The van der Waals surface area contributed by atoms with Gasteiger partial charge in [0.05, 0.1) is 6.04 Å². The normalized spacial score (nSPS) is 12.6. The molecule has 0 heterocycles. The van der Waals surface area contributed by atoms with Crippen LogP contribution in [-0.4, -0.2) is 18.5 Å². The van der Waals surface area contributed by atoms with Crippen molar-refractivity contribution in [3.63, 3.8) is 0 Å². The molecule has 2 N–H and O–H groups in total. The minimum absolute atomic E-state index is 0.0407. The summed E-state index contributed by atoms with van der Waals surface area (Å²) in [7, 11) is 0. The lowest BCUT2D eigenvalue weighted by Crippen LogP contribution is -2.39. The lowest BCUT2D eigenvalue weighted by atomic mass is 10.1. The summed E-state index contributed by atoms with van der Waals surface area (Å²) in [6.07, 6.45) is 0. The molecule has 100 valence electrons. The fourth-order valence-corrected chi connectivity index (χ4v) is 1.66. The number of rotatable bonds is 5. The fourth-order valence-electron chi connectivity index (χ4n) is 1.49. The van der Waals surface area contributed by atoms with Crippen LogP contribution < -0.4 is 10.6 Å². The monoisotopic (exact) mass is 268 g/mol. The van der Waals surface area contributed by atoms with Crippen molar-refractivity contribution in [2.45, 2.75) is 33.7 Å². The molecule has 0 aliphatic heterocycles. The van der Waals surface area contributed by atoms with E-state index in [9.17, 15) is 4.79 Å². The molecule has 0 saturated heterocycles. The lowest BCUT2D eigenvalue weighted by molar-refractivity contribution is -0.117. The van der Waals surface area contributed by atoms with Gasteiger partial charge >= 0.3 is 0 Å². The maximum Gasteiger partial charge on any atom is 0.241 e. The van der Waals surface area contributed by atoms with Crippen LogP contribution in [-0.2, 0) is 4.79 Å². The molecule has 1 aromatic rings. The molecule has 1 unspecified atom stereocenters. The van der Waals surface area contributed by atoms with Crippen molar-refractivity contribution >= 4 is 23.2 Å². The van der Waals surface area contributed by atoms with E-state index >= 15 is 0 Å². The van der Waals surface area contributed by atoms with Gasteiger partial charge in [-0.3, -0.25) is 4.79 Å².